The number of rotatable bonds is 7. The van der Waals surface area contributed by atoms with Crippen LogP contribution >= 0.6 is 0 Å². The topological polar surface area (TPSA) is 72.8 Å². The van der Waals surface area contributed by atoms with E-state index in [0.29, 0.717) is 11.1 Å². The third-order valence-electron chi connectivity index (χ3n) is 5.03. The summed E-state index contributed by atoms with van der Waals surface area (Å²) in [5.41, 5.74) is 1.08. The Morgan fingerprint density at radius 3 is 2.38 bits per heavy atom. The molecule has 0 aromatic heterocycles. The Hall–Kier alpha value is -2.80. The molecule has 0 saturated heterocycles. The summed E-state index contributed by atoms with van der Waals surface area (Å²) >= 11 is 0. The van der Waals surface area contributed by atoms with Crippen molar-refractivity contribution in [1.29, 1.82) is 0 Å². The van der Waals surface area contributed by atoms with Crippen molar-refractivity contribution in [2.45, 2.75) is 51.4 Å². The van der Waals surface area contributed by atoms with Crippen LogP contribution in [0.5, 0.6) is 11.5 Å². The normalized spacial score (nSPS) is 22.9. The predicted octanol–water partition coefficient (Wildman–Crippen LogP) is 4.56. The minimum Gasteiger partial charge on any atom is -0.448 e. The molecule has 154 valence electrons. The van der Waals surface area contributed by atoms with Crippen molar-refractivity contribution in [1.82, 2.24) is 0 Å². The molecule has 2 unspecified atom stereocenters. The monoisotopic (exact) mass is 404 g/mol. The van der Waals surface area contributed by atoms with Crippen molar-refractivity contribution in [2.24, 2.45) is 0 Å². The lowest BCUT2D eigenvalue weighted by Crippen LogP contribution is -2.55. The van der Waals surface area contributed by atoms with Gasteiger partial charge in [-0.3, -0.25) is 9.59 Å². The Labute approximate surface area is 167 Å². The average molecular weight is 404 g/mol. The van der Waals surface area contributed by atoms with Gasteiger partial charge in [0.25, 0.3) is 0 Å². The molecule has 0 saturated carbocycles. The Morgan fingerprint density at radius 1 is 1.00 bits per heavy atom. The zero-order valence-corrected chi connectivity index (χ0v) is 16.2. The van der Waals surface area contributed by atoms with Crippen LogP contribution in [0.15, 0.2) is 42.5 Å². The maximum atomic E-state index is 14.7. The van der Waals surface area contributed by atoms with E-state index >= 15 is 0 Å². The van der Waals surface area contributed by atoms with Crippen molar-refractivity contribution < 1.29 is 33.0 Å². The van der Waals surface area contributed by atoms with Crippen molar-refractivity contribution in [2.75, 3.05) is 0 Å². The van der Waals surface area contributed by atoms with Crippen molar-refractivity contribution >= 4 is 11.6 Å². The number of carbonyl (C=O) groups is 2. The van der Waals surface area contributed by atoms with Crippen molar-refractivity contribution in [3.05, 3.63) is 59.2 Å². The van der Waals surface area contributed by atoms with Crippen LogP contribution in [0.1, 0.15) is 59.4 Å². The minimum absolute atomic E-state index is 0.00113. The standard InChI is InChI=1S/C22H22F2O5/c1-3-22(24)21(2,23)28-19-11-8-14(12-20(19)29-22)17(26)9-10-18(27)16-7-5-4-6-15(16)13-25/h4-8,11-12,25H,3,9-10,13H2,1-2H3. The molecule has 0 spiro atoms. The molecule has 1 N–H and O–H groups in total. The molecule has 0 aliphatic carbocycles. The molecule has 2 atom stereocenters. The average Bonchev–Trinajstić information content (AvgIpc) is 2.71. The number of benzene rings is 2. The second-order valence-corrected chi connectivity index (χ2v) is 7.03. The second kappa shape index (κ2) is 7.91. The summed E-state index contributed by atoms with van der Waals surface area (Å²) in [5.74, 6) is -6.00. The van der Waals surface area contributed by atoms with E-state index in [0.717, 1.165) is 6.92 Å². The molecule has 0 fully saturated rings. The van der Waals surface area contributed by atoms with Crippen molar-refractivity contribution in [3.63, 3.8) is 0 Å². The predicted molar refractivity (Wildman–Crippen MR) is 102 cm³/mol. The summed E-state index contributed by atoms with van der Waals surface area (Å²) in [4.78, 5) is 24.9. The first kappa shape index (κ1) is 20.9. The lowest BCUT2D eigenvalue weighted by Gasteiger charge is -2.40. The van der Waals surface area contributed by atoms with E-state index in [9.17, 15) is 23.5 Å². The molecule has 2 aromatic carbocycles. The zero-order chi connectivity index (χ0) is 21.2. The summed E-state index contributed by atoms with van der Waals surface area (Å²) in [5, 5.41) is 9.33. The van der Waals surface area contributed by atoms with Gasteiger partial charge >= 0.3 is 11.7 Å². The van der Waals surface area contributed by atoms with E-state index in [1.54, 1.807) is 24.3 Å². The van der Waals surface area contributed by atoms with E-state index in [4.69, 9.17) is 9.47 Å². The van der Waals surface area contributed by atoms with Gasteiger partial charge < -0.3 is 14.6 Å². The highest BCUT2D eigenvalue weighted by molar-refractivity contribution is 6.03. The van der Waals surface area contributed by atoms with E-state index in [1.165, 1.54) is 25.1 Å². The number of ketones is 2. The van der Waals surface area contributed by atoms with E-state index < -0.39 is 11.7 Å². The first-order valence-corrected chi connectivity index (χ1v) is 9.36. The van der Waals surface area contributed by atoms with Crippen LogP contribution < -0.4 is 9.47 Å². The summed E-state index contributed by atoms with van der Waals surface area (Å²) in [6.45, 7) is 2.11. The van der Waals surface area contributed by atoms with Crippen LogP contribution in [-0.2, 0) is 6.61 Å². The number of Topliss-reactive ketones (excluding diaryl/α,β-unsaturated/α-hetero) is 2. The number of aliphatic hydroxyl groups excluding tert-OH is 1. The smallest absolute Gasteiger partial charge is 0.317 e. The number of alkyl halides is 2. The highest BCUT2D eigenvalue weighted by Crippen LogP contribution is 2.46. The number of carbonyl (C=O) groups excluding carboxylic acids is 2. The molecule has 29 heavy (non-hydrogen) atoms. The fourth-order valence-corrected chi connectivity index (χ4v) is 3.22. The molecule has 0 bridgehead atoms. The van der Waals surface area contributed by atoms with E-state index in [1.807, 2.05) is 0 Å². The highest BCUT2D eigenvalue weighted by atomic mass is 19.2. The van der Waals surface area contributed by atoms with Crippen LogP contribution in [0.2, 0.25) is 0 Å². The Kier molecular flexibility index (Phi) is 5.71. The highest BCUT2D eigenvalue weighted by Gasteiger charge is 2.57. The van der Waals surface area contributed by atoms with Crippen molar-refractivity contribution in [3.8, 4) is 11.5 Å². The summed E-state index contributed by atoms with van der Waals surface area (Å²) in [6.07, 6.45) is -0.404. The van der Waals surface area contributed by atoms with Gasteiger partial charge in [0.1, 0.15) is 0 Å². The van der Waals surface area contributed by atoms with Gasteiger partial charge in [0, 0.05) is 37.3 Å². The van der Waals surface area contributed by atoms with Gasteiger partial charge in [-0.1, -0.05) is 31.2 Å². The Balaban J connectivity index is 1.73. The molecule has 0 radical (unpaired) electrons. The maximum Gasteiger partial charge on any atom is 0.317 e. The van der Waals surface area contributed by atoms with Gasteiger partial charge in [-0.15, -0.1) is 0 Å². The fraction of sp³-hybridized carbons (Fsp3) is 0.364. The molecule has 1 aliphatic heterocycles. The molecule has 0 amide bonds. The van der Waals surface area contributed by atoms with Crippen LogP contribution in [-0.4, -0.2) is 28.4 Å². The first-order valence-electron chi connectivity index (χ1n) is 9.36. The number of ether oxygens (including phenoxy) is 2. The summed E-state index contributed by atoms with van der Waals surface area (Å²) in [6, 6.07) is 10.7. The molecular formula is C22H22F2O5. The number of aliphatic hydroxyl groups is 1. The Bertz CT molecular complexity index is 941. The quantitative estimate of drug-likeness (QED) is 0.685. The number of hydrogen-bond donors (Lipinski definition) is 1. The summed E-state index contributed by atoms with van der Waals surface area (Å²) in [7, 11) is 0. The second-order valence-electron chi connectivity index (χ2n) is 7.03. The van der Waals surface area contributed by atoms with Crippen LogP contribution in [0.4, 0.5) is 8.78 Å². The first-order chi connectivity index (χ1) is 13.7. The zero-order valence-electron chi connectivity index (χ0n) is 16.2. The van der Waals surface area contributed by atoms with E-state index in [2.05, 4.69) is 0 Å². The fourth-order valence-electron chi connectivity index (χ4n) is 3.22. The molecular weight excluding hydrogens is 382 g/mol. The van der Waals surface area contributed by atoms with Gasteiger partial charge in [0.15, 0.2) is 23.1 Å². The van der Waals surface area contributed by atoms with Gasteiger partial charge in [0.2, 0.25) is 0 Å². The minimum atomic E-state index is -2.67. The molecule has 2 aromatic rings. The van der Waals surface area contributed by atoms with Gasteiger partial charge in [-0.05, 0) is 23.8 Å². The maximum absolute atomic E-state index is 14.7. The molecule has 1 heterocycles. The van der Waals surface area contributed by atoms with Gasteiger partial charge in [-0.25, -0.2) is 0 Å². The molecule has 5 nitrogen and oxygen atoms in total. The third kappa shape index (κ3) is 4.00. The Morgan fingerprint density at radius 2 is 1.69 bits per heavy atom. The number of halogens is 2. The van der Waals surface area contributed by atoms with Crippen LogP contribution in [0.3, 0.4) is 0 Å². The lowest BCUT2D eigenvalue weighted by molar-refractivity contribution is -0.268. The van der Waals surface area contributed by atoms with Crippen LogP contribution in [0.25, 0.3) is 0 Å². The van der Waals surface area contributed by atoms with Gasteiger partial charge in [0.05, 0.1) is 6.61 Å². The number of hydrogen-bond acceptors (Lipinski definition) is 5. The van der Waals surface area contributed by atoms with Gasteiger partial charge in [-0.2, -0.15) is 8.78 Å². The molecule has 3 rings (SSSR count). The van der Waals surface area contributed by atoms with Crippen LogP contribution in [0, 0.1) is 0 Å². The molecule has 1 aliphatic rings. The third-order valence-corrected chi connectivity index (χ3v) is 5.03. The summed E-state index contributed by atoms with van der Waals surface area (Å²) < 4.78 is 39.5. The largest absolute Gasteiger partial charge is 0.448 e. The lowest BCUT2D eigenvalue weighted by atomic mass is 9.98. The van der Waals surface area contributed by atoms with E-state index in [-0.39, 0.29) is 54.5 Å². The molecule has 7 heteroatoms. The number of fused-ring (bicyclic) bond motifs is 1. The SMILES string of the molecule is CCC1(F)Oc2cc(C(=O)CCC(=O)c3ccccc3CO)ccc2OC1(C)F.